The highest BCUT2D eigenvalue weighted by Gasteiger charge is 2.37. The summed E-state index contributed by atoms with van der Waals surface area (Å²) in [6.07, 6.45) is -3.19. The van der Waals surface area contributed by atoms with Crippen LogP contribution in [-0.2, 0) is 11.3 Å². The van der Waals surface area contributed by atoms with Crippen LogP contribution >= 0.6 is 11.6 Å². The number of hydrogen-bond donors (Lipinski definition) is 1. The van der Waals surface area contributed by atoms with Crippen molar-refractivity contribution in [2.75, 3.05) is 32.4 Å². The second-order valence-electron chi connectivity index (χ2n) is 7.87. The Morgan fingerprint density at radius 3 is 2.62 bits per heavy atom. The number of amides is 2. The molecule has 3 aromatic rings. The third kappa shape index (κ3) is 4.60. The summed E-state index contributed by atoms with van der Waals surface area (Å²) in [6.45, 7) is -1.49. The zero-order valence-corrected chi connectivity index (χ0v) is 18.4. The second-order valence-corrected chi connectivity index (χ2v) is 8.25. The van der Waals surface area contributed by atoms with Gasteiger partial charge in [-0.25, -0.2) is 14.4 Å². The predicted molar refractivity (Wildman–Crippen MR) is 113 cm³/mol. The molecule has 1 aromatic carbocycles. The molecular weight excluding hydrogens is 482 g/mol. The van der Waals surface area contributed by atoms with E-state index in [2.05, 4.69) is 15.1 Å². The van der Waals surface area contributed by atoms with Crippen LogP contribution in [0.15, 0.2) is 24.4 Å². The van der Waals surface area contributed by atoms with Crippen molar-refractivity contribution in [1.29, 1.82) is 0 Å². The summed E-state index contributed by atoms with van der Waals surface area (Å²) in [4.78, 5) is 34.6. The van der Waals surface area contributed by atoms with Crippen LogP contribution in [0.2, 0.25) is 5.02 Å². The fourth-order valence-electron chi connectivity index (χ4n) is 3.72. The monoisotopic (exact) mass is 499 g/mol. The molecule has 1 aliphatic rings. The van der Waals surface area contributed by atoms with Crippen molar-refractivity contribution in [1.82, 2.24) is 29.5 Å². The number of benzene rings is 1. The van der Waals surface area contributed by atoms with Gasteiger partial charge in [-0.1, -0.05) is 11.6 Å². The highest BCUT2D eigenvalue weighted by atomic mass is 35.5. The lowest BCUT2D eigenvalue weighted by molar-refractivity contribution is -0.158. The number of fused-ring (bicyclic) bond motifs is 1. The molecule has 34 heavy (non-hydrogen) atoms. The minimum absolute atomic E-state index is 0.0462. The maximum atomic E-state index is 14.2. The van der Waals surface area contributed by atoms with Gasteiger partial charge < -0.3 is 15.5 Å². The molecule has 2 N–H and O–H groups in total. The summed E-state index contributed by atoms with van der Waals surface area (Å²) in [7, 11) is 1.03. The number of nitrogen functional groups attached to an aromatic ring is 1. The summed E-state index contributed by atoms with van der Waals surface area (Å²) in [5.74, 6) is -2.31. The van der Waals surface area contributed by atoms with Crippen molar-refractivity contribution in [3.63, 3.8) is 0 Å². The molecule has 3 heterocycles. The van der Waals surface area contributed by atoms with E-state index in [1.807, 2.05) is 0 Å². The van der Waals surface area contributed by atoms with E-state index < -0.39 is 31.0 Å². The first-order valence-corrected chi connectivity index (χ1v) is 10.4. The summed E-state index contributed by atoms with van der Waals surface area (Å²) in [5.41, 5.74) is 6.27. The number of nitrogens with zero attached hydrogens (tertiary/aromatic N) is 6. The predicted octanol–water partition coefficient (Wildman–Crippen LogP) is 2.46. The van der Waals surface area contributed by atoms with Gasteiger partial charge in [0.1, 0.15) is 24.6 Å². The standard InChI is InChI=1S/C20H18ClF4N7O2/c1-30(9-20(23,24)25)14(33)8-32-13-3-2-11(22)16(21)15(13)17(29-32)10-6-31(7-10)18(34)12-4-5-27-19(26)28-12/h2-5,10H,6-9H2,1H3,(H2,26,27,28). The maximum absolute atomic E-state index is 14.2. The SMILES string of the molecule is CN(CC(F)(F)F)C(=O)Cn1nc(C2CN(C(=O)c3ccnc(N)n3)C2)c2c(Cl)c(F)ccc21. The quantitative estimate of drug-likeness (QED) is 0.540. The summed E-state index contributed by atoms with van der Waals surface area (Å²) in [6, 6.07) is 3.87. The van der Waals surface area contributed by atoms with Crippen LogP contribution in [0.5, 0.6) is 0 Å². The lowest BCUT2D eigenvalue weighted by Crippen LogP contribution is -2.49. The van der Waals surface area contributed by atoms with E-state index in [0.29, 0.717) is 16.1 Å². The first kappa shape index (κ1) is 23.7. The molecule has 2 amide bonds. The van der Waals surface area contributed by atoms with E-state index in [9.17, 15) is 27.2 Å². The van der Waals surface area contributed by atoms with Crippen molar-refractivity contribution < 1.29 is 27.2 Å². The zero-order valence-electron chi connectivity index (χ0n) is 17.7. The molecule has 0 atom stereocenters. The van der Waals surface area contributed by atoms with Crippen LogP contribution in [-0.4, -0.2) is 74.2 Å². The molecule has 4 rings (SSSR count). The van der Waals surface area contributed by atoms with Crippen molar-refractivity contribution in [3.8, 4) is 0 Å². The Bertz CT molecular complexity index is 1270. The Labute approximate surface area is 195 Å². The van der Waals surface area contributed by atoms with Crippen molar-refractivity contribution >= 4 is 40.3 Å². The molecule has 0 radical (unpaired) electrons. The number of likely N-dealkylation sites (tertiary alicyclic amines) is 1. The molecule has 14 heteroatoms. The smallest absolute Gasteiger partial charge is 0.368 e. The summed E-state index contributed by atoms with van der Waals surface area (Å²) < 4.78 is 53.3. The van der Waals surface area contributed by atoms with E-state index in [0.717, 1.165) is 13.1 Å². The highest BCUT2D eigenvalue weighted by Crippen LogP contribution is 2.37. The molecule has 0 spiro atoms. The molecule has 0 bridgehead atoms. The van der Waals surface area contributed by atoms with Crippen molar-refractivity contribution in [3.05, 3.63) is 46.6 Å². The molecule has 0 unspecified atom stereocenters. The topological polar surface area (TPSA) is 110 Å². The number of carbonyl (C=O) groups excluding carboxylic acids is 2. The summed E-state index contributed by atoms with van der Waals surface area (Å²) >= 11 is 6.18. The van der Waals surface area contributed by atoms with Gasteiger partial charge in [-0.3, -0.25) is 14.3 Å². The normalized spacial score (nSPS) is 14.4. The summed E-state index contributed by atoms with van der Waals surface area (Å²) in [5, 5.41) is 4.39. The number of rotatable bonds is 5. The van der Waals surface area contributed by atoms with E-state index in [1.165, 1.54) is 27.9 Å². The van der Waals surface area contributed by atoms with Crippen LogP contribution < -0.4 is 5.73 Å². The number of halogens is 5. The molecule has 180 valence electrons. The van der Waals surface area contributed by atoms with Crippen LogP contribution in [0.1, 0.15) is 22.1 Å². The minimum atomic E-state index is -4.55. The van der Waals surface area contributed by atoms with E-state index in [-0.39, 0.29) is 47.0 Å². The lowest BCUT2D eigenvalue weighted by Gasteiger charge is -2.38. The van der Waals surface area contributed by atoms with Gasteiger partial charge in [0.05, 0.1) is 16.2 Å². The third-order valence-electron chi connectivity index (χ3n) is 5.41. The largest absolute Gasteiger partial charge is 0.406 e. The number of hydrogen-bond acceptors (Lipinski definition) is 6. The van der Waals surface area contributed by atoms with Gasteiger partial charge in [-0.2, -0.15) is 18.3 Å². The Kier molecular flexibility index (Phi) is 6.06. The fraction of sp³-hybridized carbons (Fsp3) is 0.350. The lowest BCUT2D eigenvalue weighted by atomic mass is 9.93. The maximum Gasteiger partial charge on any atom is 0.406 e. The molecule has 9 nitrogen and oxygen atoms in total. The van der Waals surface area contributed by atoms with Gasteiger partial charge >= 0.3 is 6.18 Å². The number of aromatic nitrogens is 4. The Morgan fingerprint density at radius 1 is 1.26 bits per heavy atom. The van der Waals surface area contributed by atoms with Crippen molar-refractivity contribution in [2.45, 2.75) is 18.6 Å². The molecule has 0 aliphatic carbocycles. The number of alkyl halides is 3. The highest BCUT2D eigenvalue weighted by molar-refractivity contribution is 6.35. The van der Waals surface area contributed by atoms with Crippen LogP contribution in [0, 0.1) is 5.82 Å². The molecule has 1 saturated heterocycles. The van der Waals surface area contributed by atoms with Gasteiger partial charge in [-0.15, -0.1) is 0 Å². The van der Waals surface area contributed by atoms with Crippen LogP contribution in [0.3, 0.4) is 0 Å². The van der Waals surface area contributed by atoms with E-state index >= 15 is 0 Å². The van der Waals surface area contributed by atoms with E-state index in [4.69, 9.17) is 17.3 Å². The minimum Gasteiger partial charge on any atom is -0.368 e. The average Bonchev–Trinajstić information content (AvgIpc) is 3.06. The Balaban J connectivity index is 1.58. The zero-order chi connectivity index (χ0) is 24.8. The van der Waals surface area contributed by atoms with Crippen LogP contribution in [0.25, 0.3) is 10.9 Å². The van der Waals surface area contributed by atoms with Gasteiger partial charge in [0, 0.05) is 37.6 Å². The number of carbonyl (C=O) groups is 2. The Hall–Kier alpha value is -3.48. The van der Waals surface area contributed by atoms with Crippen molar-refractivity contribution in [2.24, 2.45) is 0 Å². The van der Waals surface area contributed by atoms with Gasteiger partial charge in [0.15, 0.2) is 0 Å². The molecular formula is C20H18ClF4N7O2. The molecule has 0 saturated carbocycles. The second kappa shape index (κ2) is 8.70. The number of anilines is 1. The third-order valence-corrected chi connectivity index (χ3v) is 5.78. The van der Waals surface area contributed by atoms with E-state index in [1.54, 1.807) is 0 Å². The average molecular weight is 500 g/mol. The van der Waals surface area contributed by atoms with Gasteiger partial charge in [-0.05, 0) is 18.2 Å². The van der Waals surface area contributed by atoms with Crippen LogP contribution in [0.4, 0.5) is 23.5 Å². The first-order valence-electron chi connectivity index (χ1n) is 9.97. The Morgan fingerprint density at radius 2 is 1.97 bits per heavy atom. The van der Waals surface area contributed by atoms with Gasteiger partial charge in [0.25, 0.3) is 5.91 Å². The first-order chi connectivity index (χ1) is 15.9. The number of nitrogens with two attached hydrogens (primary N) is 1. The molecule has 1 fully saturated rings. The molecule has 1 aliphatic heterocycles. The van der Waals surface area contributed by atoms with Gasteiger partial charge in [0.2, 0.25) is 11.9 Å². The molecule has 2 aromatic heterocycles. The fourth-order valence-corrected chi connectivity index (χ4v) is 3.97. The number of likely N-dealkylation sites (N-methyl/N-ethyl adjacent to an activating group) is 1.